The second kappa shape index (κ2) is 7.68. The first kappa shape index (κ1) is 20.3. The first-order chi connectivity index (χ1) is 14.3. The lowest BCUT2D eigenvalue weighted by atomic mass is 10.1. The van der Waals surface area contributed by atoms with Crippen LogP contribution in [0.2, 0.25) is 0 Å². The van der Waals surface area contributed by atoms with Gasteiger partial charge in [-0.05, 0) is 57.4 Å². The van der Waals surface area contributed by atoms with Gasteiger partial charge < -0.3 is 10.2 Å². The van der Waals surface area contributed by atoms with Crippen LogP contribution in [0.1, 0.15) is 39.1 Å². The van der Waals surface area contributed by atoms with Crippen LogP contribution in [-0.2, 0) is 13.5 Å². The lowest BCUT2D eigenvalue weighted by Crippen LogP contribution is -2.23. The summed E-state index contributed by atoms with van der Waals surface area (Å²) in [5.41, 5.74) is 5.72. The van der Waals surface area contributed by atoms with E-state index in [2.05, 4.69) is 33.3 Å². The number of thiazole rings is 1. The lowest BCUT2D eigenvalue weighted by Gasteiger charge is -2.17. The van der Waals surface area contributed by atoms with Gasteiger partial charge in [0.15, 0.2) is 0 Å². The van der Waals surface area contributed by atoms with Gasteiger partial charge in [-0.15, -0.1) is 11.3 Å². The third-order valence-electron chi connectivity index (χ3n) is 5.66. The van der Waals surface area contributed by atoms with Crippen LogP contribution >= 0.6 is 11.3 Å². The number of rotatable bonds is 4. The highest BCUT2D eigenvalue weighted by molar-refractivity contribution is 7.17. The van der Waals surface area contributed by atoms with Gasteiger partial charge in [0.05, 0.1) is 17.0 Å². The van der Waals surface area contributed by atoms with Crippen LogP contribution < -0.4 is 15.8 Å². The number of benzene rings is 1. The molecular formula is C22H25N5O2S. The minimum Gasteiger partial charge on any atom is -0.371 e. The molecule has 0 saturated carbocycles. The molecule has 0 aliphatic carbocycles. The van der Waals surface area contributed by atoms with Crippen molar-refractivity contribution in [2.24, 2.45) is 7.05 Å². The Bertz CT molecular complexity index is 1210. The van der Waals surface area contributed by atoms with Gasteiger partial charge >= 0.3 is 0 Å². The molecular weight excluding hydrogens is 398 g/mol. The summed E-state index contributed by atoms with van der Waals surface area (Å²) in [5.74, 6) is -0.211. The molecule has 0 fully saturated rings. The largest absolute Gasteiger partial charge is 0.371 e. The number of carbonyl (C=O) groups excluding carboxylic acids is 1. The second-order valence-electron chi connectivity index (χ2n) is 7.58. The molecule has 3 heterocycles. The minimum atomic E-state index is -0.211. The van der Waals surface area contributed by atoms with Crippen molar-refractivity contribution >= 4 is 28.6 Å². The number of likely N-dealkylation sites (N-methyl/N-ethyl adjacent to an activating group) is 1. The number of carbonyl (C=O) groups is 1. The summed E-state index contributed by atoms with van der Waals surface area (Å²) in [5, 5.41) is 7.77. The summed E-state index contributed by atoms with van der Waals surface area (Å²) in [6, 6.07) is 6.06. The van der Waals surface area contributed by atoms with E-state index in [4.69, 9.17) is 0 Å². The standard InChI is InChI=1S/C22H25N5O2S/c1-6-27-10-9-15-7-8-16(11-17(15)27)24-20(28)19-14(4)23-21(30-19)18-12(2)13(3)25-26(5)22(18)29/h7-8,11H,6,9-10H2,1-5H3,(H,24,28). The Morgan fingerprint density at radius 3 is 2.73 bits per heavy atom. The minimum absolute atomic E-state index is 0.211. The molecule has 1 aliphatic rings. The molecule has 1 N–H and O–H groups in total. The van der Waals surface area contributed by atoms with Crippen LogP contribution in [0.5, 0.6) is 0 Å². The van der Waals surface area contributed by atoms with Crippen molar-refractivity contribution in [3.63, 3.8) is 0 Å². The average molecular weight is 424 g/mol. The fraction of sp³-hybridized carbons (Fsp3) is 0.364. The Balaban J connectivity index is 1.65. The molecule has 7 nitrogen and oxygen atoms in total. The van der Waals surface area contributed by atoms with Gasteiger partial charge in [-0.3, -0.25) is 9.59 Å². The third-order valence-corrected chi connectivity index (χ3v) is 6.83. The van der Waals surface area contributed by atoms with Gasteiger partial charge in [0, 0.05) is 31.5 Å². The maximum atomic E-state index is 13.0. The van der Waals surface area contributed by atoms with E-state index in [9.17, 15) is 9.59 Å². The number of aromatic nitrogens is 3. The molecule has 0 saturated heterocycles. The van der Waals surface area contributed by atoms with Crippen LogP contribution in [0, 0.1) is 20.8 Å². The number of nitrogens with zero attached hydrogens (tertiary/aromatic N) is 4. The third kappa shape index (κ3) is 3.41. The Morgan fingerprint density at radius 1 is 1.23 bits per heavy atom. The highest BCUT2D eigenvalue weighted by Gasteiger charge is 2.22. The van der Waals surface area contributed by atoms with Crippen molar-refractivity contribution in [3.8, 4) is 10.6 Å². The van der Waals surface area contributed by atoms with Crippen LogP contribution in [0.25, 0.3) is 10.6 Å². The molecule has 3 aromatic rings. The quantitative estimate of drug-likeness (QED) is 0.695. The topological polar surface area (TPSA) is 80.1 Å². The number of hydrogen-bond acceptors (Lipinski definition) is 6. The van der Waals surface area contributed by atoms with E-state index in [0.29, 0.717) is 21.1 Å². The predicted molar refractivity (Wildman–Crippen MR) is 121 cm³/mol. The molecule has 4 rings (SSSR count). The maximum absolute atomic E-state index is 13.0. The summed E-state index contributed by atoms with van der Waals surface area (Å²) in [4.78, 5) is 33.0. The number of aryl methyl sites for hydroxylation is 3. The Kier molecular flexibility index (Phi) is 5.19. The highest BCUT2D eigenvalue weighted by atomic mass is 32.1. The van der Waals surface area contributed by atoms with E-state index in [1.54, 1.807) is 14.0 Å². The molecule has 0 bridgehead atoms. The van der Waals surface area contributed by atoms with Crippen LogP contribution in [0.3, 0.4) is 0 Å². The van der Waals surface area contributed by atoms with Crippen LogP contribution in [0.4, 0.5) is 11.4 Å². The summed E-state index contributed by atoms with van der Waals surface area (Å²) >= 11 is 1.24. The van der Waals surface area contributed by atoms with Gasteiger partial charge in [-0.25, -0.2) is 9.67 Å². The van der Waals surface area contributed by atoms with E-state index in [-0.39, 0.29) is 11.5 Å². The summed E-state index contributed by atoms with van der Waals surface area (Å²) in [6.07, 6.45) is 1.04. The van der Waals surface area contributed by atoms with Crippen molar-refractivity contribution < 1.29 is 4.79 Å². The monoisotopic (exact) mass is 423 g/mol. The van der Waals surface area contributed by atoms with Crippen LogP contribution in [0.15, 0.2) is 23.0 Å². The maximum Gasteiger partial charge on any atom is 0.277 e. The molecule has 0 radical (unpaired) electrons. The molecule has 8 heteroatoms. The molecule has 1 aliphatic heterocycles. The Hall–Kier alpha value is -3.00. The normalized spacial score (nSPS) is 12.9. The van der Waals surface area contributed by atoms with E-state index in [0.717, 1.165) is 36.5 Å². The second-order valence-corrected chi connectivity index (χ2v) is 8.57. The summed E-state index contributed by atoms with van der Waals surface area (Å²) < 4.78 is 1.32. The molecule has 1 aromatic carbocycles. The number of fused-ring (bicyclic) bond motifs is 1. The zero-order valence-corrected chi connectivity index (χ0v) is 18.7. The molecule has 2 aromatic heterocycles. The molecule has 156 valence electrons. The fourth-order valence-electron chi connectivity index (χ4n) is 3.85. The SMILES string of the molecule is CCN1CCc2ccc(NC(=O)c3sc(-c4c(C)c(C)nn(C)c4=O)nc3C)cc21. The first-order valence-electron chi connectivity index (χ1n) is 10.0. The van der Waals surface area contributed by atoms with Gasteiger partial charge in [-0.2, -0.15) is 5.10 Å². The number of amides is 1. The van der Waals surface area contributed by atoms with Crippen molar-refractivity contribution in [2.75, 3.05) is 23.3 Å². The van der Waals surface area contributed by atoms with Crippen molar-refractivity contribution in [3.05, 3.63) is 55.9 Å². The van der Waals surface area contributed by atoms with E-state index in [1.807, 2.05) is 26.0 Å². The zero-order valence-electron chi connectivity index (χ0n) is 17.9. The highest BCUT2D eigenvalue weighted by Crippen LogP contribution is 2.32. The van der Waals surface area contributed by atoms with Crippen LogP contribution in [-0.4, -0.2) is 33.8 Å². The van der Waals surface area contributed by atoms with E-state index >= 15 is 0 Å². The van der Waals surface area contributed by atoms with E-state index < -0.39 is 0 Å². The molecule has 0 spiro atoms. The summed E-state index contributed by atoms with van der Waals surface area (Å²) in [6.45, 7) is 9.61. The lowest BCUT2D eigenvalue weighted by molar-refractivity contribution is 0.103. The molecule has 1 amide bonds. The van der Waals surface area contributed by atoms with Crippen molar-refractivity contribution in [1.82, 2.24) is 14.8 Å². The molecule has 0 unspecified atom stereocenters. The zero-order chi connectivity index (χ0) is 21.6. The smallest absolute Gasteiger partial charge is 0.277 e. The fourth-order valence-corrected chi connectivity index (χ4v) is 4.91. The number of hydrogen-bond donors (Lipinski definition) is 1. The Labute approximate surface area is 179 Å². The van der Waals surface area contributed by atoms with Crippen molar-refractivity contribution in [2.45, 2.75) is 34.1 Å². The van der Waals surface area contributed by atoms with Crippen molar-refractivity contribution in [1.29, 1.82) is 0 Å². The first-order valence-corrected chi connectivity index (χ1v) is 10.8. The Morgan fingerprint density at radius 2 is 2.00 bits per heavy atom. The average Bonchev–Trinajstić information content (AvgIpc) is 3.29. The molecule has 30 heavy (non-hydrogen) atoms. The van der Waals surface area contributed by atoms with Gasteiger partial charge in [-0.1, -0.05) is 6.07 Å². The van der Waals surface area contributed by atoms with Gasteiger partial charge in [0.25, 0.3) is 11.5 Å². The number of nitrogens with one attached hydrogen (secondary N) is 1. The number of anilines is 2. The molecule has 0 atom stereocenters. The summed E-state index contributed by atoms with van der Waals surface area (Å²) in [7, 11) is 1.62. The van der Waals surface area contributed by atoms with Gasteiger partial charge in [0.1, 0.15) is 9.88 Å². The van der Waals surface area contributed by atoms with E-state index in [1.165, 1.54) is 27.3 Å². The predicted octanol–water partition coefficient (Wildman–Crippen LogP) is 3.46. The van der Waals surface area contributed by atoms with Gasteiger partial charge in [0.2, 0.25) is 0 Å².